The molecule has 0 aromatic carbocycles. The highest BCUT2D eigenvalue weighted by Crippen LogP contribution is 2.60. The molecule has 0 atom stereocenters. The maximum atomic E-state index is 12.8. The van der Waals surface area contributed by atoms with Crippen LogP contribution in [0.5, 0.6) is 0 Å². The van der Waals surface area contributed by atoms with Gasteiger partial charge in [-0.3, -0.25) is 9.69 Å². The molecule has 4 bridgehead atoms. The van der Waals surface area contributed by atoms with Crippen LogP contribution < -0.4 is 5.32 Å². The molecule has 5 rings (SSSR count). The molecule has 1 saturated heterocycles. The van der Waals surface area contributed by atoms with E-state index in [9.17, 15) is 4.79 Å². The molecule has 1 N–H and O–H groups in total. The van der Waals surface area contributed by atoms with Crippen LogP contribution in [0.2, 0.25) is 0 Å². The number of hydrogen-bond donors (Lipinski definition) is 1. The van der Waals surface area contributed by atoms with Crippen molar-refractivity contribution in [2.24, 2.45) is 23.7 Å². The molecule has 0 unspecified atom stereocenters. The van der Waals surface area contributed by atoms with Crippen LogP contribution in [0.1, 0.15) is 32.1 Å². The van der Waals surface area contributed by atoms with Crippen molar-refractivity contribution in [2.45, 2.75) is 37.6 Å². The third-order valence-corrected chi connectivity index (χ3v) is 6.54. The van der Waals surface area contributed by atoms with Crippen LogP contribution >= 0.6 is 0 Å². The van der Waals surface area contributed by atoms with Gasteiger partial charge < -0.3 is 10.1 Å². The highest BCUT2D eigenvalue weighted by molar-refractivity contribution is 5.82. The Morgan fingerprint density at radius 3 is 2.10 bits per heavy atom. The Balaban J connectivity index is 1.73. The predicted molar refractivity (Wildman–Crippen MR) is 76.2 cm³/mol. The van der Waals surface area contributed by atoms with Gasteiger partial charge in [-0.1, -0.05) is 0 Å². The van der Waals surface area contributed by atoms with E-state index < -0.39 is 0 Å². The van der Waals surface area contributed by atoms with Crippen LogP contribution in [0.15, 0.2) is 0 Å². The van der Waals surface area contributed by atoms with E-state index in [1.165, 1.54) is 32.1 Å². The third-order valence-electron chi connectivity index (χ3n) is 6.54. The Labute approximate surface area is 121 Å². The van der Waals surface area contributed by atoms with Crippen LogP contribution in [0.4, 0.5) is 0 Å². The Kier molecular flexibility index (Phi) is 3.08. The first-order chi connectivity index (χ1) is 9.75. The lowest BCUT2D eigenvalue weighted by Gasteiger charge is -2.63. The van der Waals surface area contributed by atoms with Gasteiger partial charge in [0.2, 0.25) is 0 Å². The quantitative estimate of drug-likeness (QED) is 0.772. The summed E-state index contributed by atoms with van der Waals surface area (Å²) in [6, 6.07) is 0. The van der Waals surface area contributed by atoms with Crippen LogP contribution in [-0.4, -0.2) is 49.7 Å². The van der Waals surface area contributed by atoms with E-state index in [0.717, 1.165) is 38.0 Å². The van der Waals surface area contributed by atoms with Crippen LogP contribution in [0, 0.1) is 23.7 Å². The molecule has 1 aliphatic heterocycles. The molecule has 5 fully saturated rings. The summed E-state index contributed by atoms with van der Waals surface area (Å²) in [4.78, 5) is 15.3. The summed E-state index contributed by atoms with van der Waals surface area (Å²) in [6.07, 6.45) is 6.45. The number of esters is 1. The maximum Gasteiger partial charge on any atom is 0.326 e. The van der Waals surface area contributed by atoms with Crippen LogP contribution in [0.3, 0.4) is 0 Å². The molecule has 0 aromatic heterocycles. The third kappa shape index (κ3) is 1.64. The minimum Gasteiger partial charge on any atom is -0.468 e. The van der Waals surface area contributed by atoms with Gasteiger partial charge >= 0.3 is 5.97 Å². The summed E-state index contributed by atoms with van der Waals surface area (Å²) >= 11 is 0. The molecule has 4 aliphatic carbocycles. The number of carbonyl (C=O) groups excluding carboxylic acids is 1. The fourth-order valence-corrected chi connectivity index (χ4v) is 6.08. The van der Waals surface area contributed by atoms with Gasteiger partial charge in [0.05, 0.1) is 7.11 Å². The lowest BCUT2D eigenvalue weighted by molar-refractivity contribution is -0.189. The molecule has 20 heavy (non-hydrogen) atoms. The first-order valence-corrected chi connectivity index (χ1v) is 8.29. The molecule has 4 heteroatoms. The molecule has 0 radical (unpaired) electrons. The number of rotatable bonds is 2. The average Bonchev–Trinajstić information content (AvgIpc) is 2.47. The Morgan fingerprint density at radius 1 is 1.05 bits per heavy atom. The lowest BCUT2D eigenvalue weighted by atomic mass is 9.48. The normalized spacial score (nSPS) is 47.5. The Hall–Kier alpha value is -0.610. The van der Waals surface area contributed by atoms with Gasteiger partial charge in [0.15, 0.2) is 0 Å². The molecule has 5 aliphatic rings. The first-order valence-electron chi connectivity index (χ1n) is 8.29. The second-order valence-corrected chi connectivity index (χ2v) is 7.36. The number of piperazine rings is 1. The summed E-state index contributed by atoms with van der Waals surface area (Å²) in [7, 11) is 1.58. The summed E-state index contributed by atoms with van der Waals surface area (Å²) in [5.74, 6) is 2.93. The molecule has 1 heterocycles. The van der Waals surface area contributed by atoms with Crippen molar-refractivity contribution >= 4 is 5.97 Å². The predicted octanol–water partition coefficient (Wildman–Crippen LogP) is 1.26. The molecule has 0 amide bonds. The summed E-state index contributed by atoms with van der Waals surface area (Å²) in [6.45, 7) is 4.00. The number of nitrogens with zero attached hydrogens (tertiary/aromatic N) is 1. The van der Waals surface area contributed by atoms with Crippen molar-refractivity contribution in [3.8, 4) is 0 Å². The smallest absolute Gasteiger partial charge is 0.326 e. The molecule has 0 spiro atoms. The largest absolute Gasteiger partial charge is 0.468 e. The van der Waals surface area contributed by atoms with Crippen molar-refractivity contribution in [1.29, 1.82) is 0 Å². The van der Waals surface area contributed by atoms with E-state index in [1.54, 1.807) is 7.11 Å². The zero-order valence-corrected chi connectivity index (χ0v) is 12.4. The Morgan fingerprint density at radius 2 is 1.60 bits per heavy atom. The Bertz CT molecular complexity index is 370. The molecule has 4 nitrogen and oxygen atoms in total. The SMILES string of the molecule is COC(=O)C1(N2CCNCC2)C2CC3CC(C2)CC1C3. The van der Waals surface area contributed by atoms with Crippen molar-refractivity contribution in [2.75, 3.05) is 33.3 Å². The lowest BCUT2D eigenvalue weighted by Crippen LogP contribution is -2.72. The van der Waals surface area contributed by atoms with Gasteiger partial charge in [-0.2, -0.15) is 0 Å². The van der Waals surface area contributed by atoms with E-state index in [2.05, 4.69) is 10.2 Å². The van der Waals surface area contributed by atoms with Crippen molar-refractivity contribution < 1.29 is 9.53 Å². The maximum absolute atomic E-state index is 12.8. The van der Waals surface area contributed by atoms with E-state index in [1.807, 2.05) is 0 Å². The zero-order chi connectivity index (χ0) is 13.7. The van der Waals surface area contributed by atoms with E-state index in [0.29, 0.717) is 11.8 Å². The number of carbonyl (C=O) groups is 1. The first kappa shape index (κ1) is 13.1. The van der Waals surface area contributed by atoms with Gasteiger partial charge in [0.25, 0.3) is 0 Å². The number of hydrogen-bond acceptors (Lipinski definition) is 4. The van der Waals surface area contributed by atoms with Crippen molar-refractivity contribution in [3.05, 3.63) is 0 Å². The van der Waals surface area contributed by atoms with E-state index in [4.69, 9.17) is 4.74 Å². The molecular weight excluding hydrogens is 252 g/mol. The average molecular weight is 278 g/mol. The highest BCUT2D eigenvalue weighted by atomic mass is 16.5. The van der Waals surface area contributed by atoms with Crippen molar-refractivity contribution in [1.82, 2.24) is 10.2 Å². The molecule has 112 valence electrons. The fourth-order valence-electron chi connectivity index (χ4n) is 6.08. The van der Waals surface area contributed by atoms with E-state index in [-0.39, 0.29) is 11.5 Å². The molecular formula is C16H26N2O2. The number of ether oxygens (including phenoxy) is 1. The minimum atomic E-state index is -0.287. The van der Waals surface area contributed by atoms with Gasteiger partial charge in [-0.25, -0.2) is 0 Å². The fraction of sp³-hybridized carbons (Fsp3) is 0.938. The van der Waals surface area contributed by atoms with Gasteiger partial charge in [-0.05, 0) is 55.8 Å². The highest BCUT2D eigenvalue weighted by Gasteiger charge is 2.64. The molecule has 4 saturated carbocycles. The number of nitrogens with one attached hydrogen (secondary N) is 1. The molecule has 0 aromatic rings. The van der Waals surface area contributed by atoms with E-state index >= 15 is 0 Å². The second-order valence-electron chi connectivity index (χ2n) is 7.36. The standard InChI is InChI=1S/C16H26N2O2/c1-20-15(19)16(18-4-2-17-3-5-18)13-7-11-6-12(9-13)10-14(16)8-11/h11-14,17H,2-10H2,1H3. The van der Waals surface area contributed by atoms with Gasteiger partial charge in [0.1, 0.15) is 5.54 Å². The second kappa shape index (κ2) is 4.70. The van der Waals surface area contributed by atoms with Crippen molar-refractivity contribution in [3.63, 3.8) is 0 Å². The summed E-state index contributed by atoms with van der Waals surface area (Å²) in [5.41, 5.74) is -0.287. The minimum absolute atomic E-state index is 0.0631. The number of methoxy groups -OCH3 is 1. The monoisotopic (exact) mass is 278 g/mol. The summed E-state index contributed by atoms with van der Waals surface area (Å²) < 4.78 is 5.33. The topological polar surface area (TPSA) is 41.6 Å². The van der Waals surface area contributed by atoms with Gasteiger partial charge in [0, 0.05) is 26.2 Å². The van der Waals surface area contributed by atoms with Crippen LogP contribution in [-0.2, 0) is 9.53 Å². The van der Waals surface area contributed by atoms with Gasteiger partial charge in [-0.15, -0.1) is 0 Å². The zero-order valence-electron chi connectivity index (χ0n) is 12.4. The van der Waals surface area contributed by atoms with Crippen LogP contribution in [0.25, 0.3) is 0 Å². The summed E-state index contributed by atoms with van der Waals surface area (Å²) in [5, 5.41) is 3.42.